The van der Waals surface area contributed by atoms with Crippen molar-refractivity contribution in [2.45, 2.75) is 5.92 Å². The second-order valence-corrected chi connectivity index (χ2v) is 14.2. The number of benzene rings is 2. The van der Waals surface area contributed by atoms with Crippen molar-refractivity contribution >= 4 is 72.5 Å². The predicted molar refractivity (Wildman–Crippen MR) is 183 cm³/mol. The van der Waals surface area contributed by atoms with Gasteiger partial charge in [0.15, 0.2) is 17.2 Å². The molecule has 2 amide bonds. The molecule has 0 spiro atoms. The minimum Gasteiger partial charge on any atom is -0.493 e. The van der Waals surface area contributed by atoms with Crippen molar-refractivity contribution in [3.8, 4) is 23.0 Å². The van der Waals surface area contributed by atoms with E-state index in [0.717, 1.165) is 7.11 Å². The van der Waals surface area contributed by atoms with Gasteiger partial charge in [-0.1, -0.05) is 0 Å². The third kappa shape index (κ3) is 7.85. The number of hydrogen-bond donors (Lipinski definition) is 6. The topological polar surface area (TPSA) is 273 Å². The fourth-order valence-electron chi connectivity index (χ4n) is 5.72. The van der Waals surface area contributed by atoms with Crippen LogP contribution in [0.25, 0.3) is 21.8 Å². The lowest BCUT2D eigenvalue weighted by Crippen LogP contribution is -2.31. The van der Waals surface area contributed by atoms with Crippen LogP contribution in [-0.2, 0) is 32.3 Å². The van der Waals surface area contributed by atoms with Gasteiger partial charge in [-0.05, 0) is 23.8 Å². The average molecular weight is 790 g/mol. The number of aromatic amines is 2. The second kappa shape index (κ2) is 15.7. The molecule has 0 fully saturated rings. The van der Waals surface area contributed by atoms with Crippen LogP contribution in [0.15, 0.2) is 24.3 Å². The van der Waals surface area contributed by atoms with Gasteiger partial charge in [-0.3, -0.25) is 23.8 Å². The molecule has 0 radical (unpaired) electrons. The highest BCUT2D eigenvalue weighted by Gasteiger charge is 2.40. The lowest BCUT2D eigenvalue weighted by Gasteiger charge is -2.20. The molecule has 0 saturated heterocycles. The van der Waals surface area contributed by atoms with Gasteiger partial charge in [-0.15, -0.1) is 11.6 Å². The summed E-state index contributed by atoms with van der Waals surface area (Å²) in [5.74, 6) is 2.77. The Morgan fingerprint density at radius 3 is 2.31 bits per heavy atom. The summed E-state index contributed by atoms with van der Waals surface area (Å²) < 4.78 is 61.4. The van der Waals surface area contributed by atoms with E-state index in [1.54, 1.807) is 12.1 Å². The lowest BCUT2D eigenvalue weighted by molar-refractivity contribution is -0.125. The molecule has 52 heavy (non-hydrogen) atoms. The Hall–Kier alpha value is -4.36. The monoisotopic (exact) mass is 789 g/mol. The van der Waals surface area contributed by atoms with Crippen molar-refractivity contribution in [1.29, 1.82) is 0 Å². The van der Waals surface area contributed by atoms with Crippen molar-refractivity contribution < 1.29 is 70.4 Å². The Bertz CT molecular complexity index is 2120. The van der Waals surface area contributed by atoms with Crippen LogP contribution in [0, 0.1) is 0 Å². The average Bonchev–Trinajstić information content (AvgIpc) is 3.83. The van der Waals surface area contributed by atoms with Crippen LogP contribution in [0.2, 0.25) is 0 Å². The SMILES string of the molecule is COC(=O)c1cc2c3c(cc(OP(=O)(O)OP(=O)(O)OCCNC(=O)CON)c2[nH]1)N(C(=O)c1cc2cc(OC)c(OC)c(OC)c2[nH]1)C[C@H]3CCl. The number of carbonyl (C=O) groups is 3. The first-order valence-corrected chi connectivity index (χ1v) is 18.5. The summed E-state index contributed by atoms with van der Waals surface area (Å²) in [6, 6.07) is 5.84. The highest BCUT2D eigenvalue weighted by molar-refractivity contribution is 7.61. The lowest BCUT2D eigenvalue weighted by atomic mass is 9.98. The predicted octanol–water partition coefficient (Wildman–Crippen LogP) is 3.06. The molecular weight excluding hydrogens is 756 g/mol. The zero-order chi connectivity index (χ0) is 38.0. The molecule has 3 atom stereocenters. The molecule has 4 aromatic rings. The number of fused-ring (bicyclic) bond motifs is 4. The number of phosphoric ester groups is 2. The number of esters is 1. The molecule has 23 heteroatoms. The summed E-state index contributed by atoms with van der Waals surface area (Å²) in [6.45, 7) is -1.39. The van der Waals surface area contributed by atoms with Crippen LogP contribution in [-0.4, -0.2) is 98.2 Å². The molecule has 3 heterocycles. The smallest absolute Gasteiger partial charge is 0.493 e. The van der Waals surface area contributed by atoms with Crippen LogP contribution in [0.1, 0.15) is 32.5 Å². The first kappa shape index (κ1) is 38.9. The minimum absolute atomic E-state index is 0.0190. The number of methoxy groups -OCH3 is 4. The number of nitrogens with two attached hydrogens (primary N) is 1. The van der Waals surface area contributed by atoms with Crippen LogP contribution < -0.4 is 34.8 Å². The number of ether oxygens (including phenoxy) is 4. The zero-order valence-electron chi connectivity index (χ0n) is 27.9. The van der Waals surface area contributed by atoms with Gasteiger partial charge in [0.05, 0.1) is 51.8 Å². The van der Waals surface area contributed by atoms with E-state index in [1.807, 2.05) is 0 Å². The van der Waals surface area contributed by atoms with E-state index in [4.69, 9.17) is 41.0 Å². The number of hydrogen-bond acceptors (Lipinski definition) is 14. The number of amides is 2. The number of nitrogens with zero attached hydrogens (tertiary/aromatic N) is 1. The molecule has 20 nitrogen and oxygen atoms in total. The van der Waals surface area contributed by atoms with Crippen molar-refractivity contribution in [3.63, 3.8) is 0 Å². The van der Waals surface area contributed by atoms with E-state index in [2.05, 4.69) is 29.0 Å². The Kier molecular flexibility index (Phi) is 11.7. The number of nitrogens with one attached hydrogen (secondary N) is 3. The number of H-pyrrole nitrogens is 2. The summed E-state index contributed by atoms with van der Waals surface area (Å²) >= 11 is 6.39. The third-order valence-corrected chi connectivity index (χ3v) is 10.8. The number of rotatable bonds is 16. The summed E-state index contributed by atoms with van der Waals surface area (Å²) in [6.07, 6.45) is 0. The van der Waals surface area contributed by atoms with Gasteiger partial charge in [-0.2, -0.15) is 4.31 Å². The first-order chi connectivity index (χ1) is 24.7. The molecule has 282 valence electrons. The van der Waals surface area contributed by atoms with Crippen molar-refractivity contribution in [1.82, 2.24) is 15.3 Å². The Balaban J connectivity index is 1.53. The van der Waals surface area contributed by atoms with Gasteiger partial charge < -0.3 is 48.5 Å². The van der Waals surface area contributed by atoms with Crippen molar-refractivity contribution in [2.75, 3.05) is 65.5 Å². The molecular formula is C29H34ClN5O15P2. The van der Waals surface area contributed by atoms with Gasteiger partial charge in [0, 0.05) is 41.7 Å². The number of alkyl halides is 1. The molecule has 2 aromatic carbocycles. The highest BCUT2D eigenvalue weighted by atomic mass is 35.5. The van der Waals surface area contributed by atoms with Crippen molar-refractivity contribution in [2.24, 2.45) is 5.90 Å². The van der Waals surface area contributed by atoms with Gasteiger partial charge in [0.25, 0.3) is 5.91 Å². The zero-order valence-corrected chi connectivity index (χ0v) is 30.5. The molecule has 0 aliphatic carbocycles. The van der Waals surface area contributed by atoms with Crippen molar-refractivity contribution in [3.05, 3.63) is 41.2 Å². The van der Waals surface area contributed by atoms with E-state index in [0.29, 0.717) is 28.0 Å². The molecule has 1 aliphatic rings. The molecule has 7 N–H and O–H groups in total. The van der Waals surface area contributed by atoms with Gasteiger partial charge >= 0.3 is 21.6 Å². The number of aromatic nitrogens is 2. The molecule has 5 rings (SSSR count). The van der Waals surface area contributed by atoms with E-state index in [9.17, 15) is 33.3 Å². The summed E-state index contributed by atoms with van der Waals surface area (Å²) in [4.78, 5) is 70.2. The fraction of sp³-hybridized carbons (Fsp3) is 0.345. The Morgan fingerprint density at radius 1 is 0.962 bits per heavy atom. The summed E-state index contributed by atoms with van der Waals surface area (Å²) in [5.41, 5.74) is 1.10. The highest BCUT2D eigenvalue weighted by Crippen LogP contribution is 2.61. The third-order valence-electron chi connectivity index (χ3n) is 7.80. The maximum atomic E-state index is 14.2. The maximum Gasteiger partial charge on any atom is 0.536 e. The van der Waals surface area contributed by atoms with Crippen LogP contribution in [0.5, 0.6) is 23.0 Å². The van der Waals surface area contributed by atoms with E-state index in [1.165, 1.54) is 38.4 Å². The van der Waals surface area contributed by atoms with Crippen LogP contribution in [0.3, 0.4) is 0 Å². The molecule has 0 bridgehead atoms. The summed E-state index contributed by atoms with van der Waals surface area (Å²) in [5, 5.41) is 3.07. The van der Waals surface area contributed by atoms with Crippen LogP contribution in [0.4, 0.5) is 5.69 Å². The summed E-state index contributed by atoms with van der Waals surface area (Å²) in [7, 11) is -5.32. The van der Waals surface area contributed by atoms with Gasteiger partial charge in [-0.25, -0.2) is 19.8 Å². The Morgan fingerprint density at radius 2 is 1.67 bits per heavy atom. The number of carbonyl (C=O) groups excluding carboxylic acids is 3. The Labute approximate surface area is 299 Å². The van der Waals surface area contributed by atoms with Crippen LogP contribution >= 0.6 is 27.2 Å². The van der Waals surface area contributed by atoms with E-state index >= 15 is 0 Å². The quantitative estimate of drug-likeness (QED) is 0.0313. The second-order valence-electron chi connectivity index (χ2n) is 10.9. The number of anilines is 1. The largest absolute Gasteiger partial charge is 0.536 e. The number of phosphoric acid groups is 2. The molecule has 1 aliphatic heterocycles. The molecule has 2 aromatic heterocycles. The fourth-order valence-corrected chi connectivity index (χ4v) is 8.06. The normalized spacial score (nSPS) is 16.2. The van der Waals surface area contributed by atoms with Gasteiger partial charge in [0.1, 0.15) is 18.0 Å². The minimum atomic E-state index is -5.50. The van der Waals surface area contributed by atoms with E-state index in [-0.39, 0.29) is 52.7 Å². The molecule has 0 saturated carbocycles. The standard InChI is InChI=1S/C29H34ClN5O15P2/c1-43-21-8-14-7-17(33-24(14)27(45-3)26(21)44-2)28(37)35-12-15(11-30)23-16-9-18(29(38)46-4)34-25(16)20(10-19(23)35)49-52(41,42)50-51(39,40)48-6-5-32-22(36)13-47-31/h7-10,15,33-34H,5-6,11-13,31H2,1-4H3,(H,32,36)(H,39,40)(H,41,42)/t15-/m1/s1. The molecule has 2 unspecified atom stereocenters. The number of halogens is 1. The maximum absolute atomic E-state index is 14.2. The first-order valence-electron chi connectivity index (χ1n) is 15.0. The van der Waals surface area contributed by atoms with E-state index < -0.39 is 58.3 Å². The van der Waals surface area contributed by atoms with Gasteiger partial charge in [0.2, 0.25) is 11.7 Å².